The van der Waals surface area contributed by atoms with Gasteiger partial charge in [-0.2, -0.15) is 0 Å². The molecule has 0 aliphatic carbocycles. The van der Waals surface area contributed by atoms with Gasteiger partial charge in [0.2, 0.25) is 0 Å². The summed E-state index contributed by atoms with van der Waals surface area (Å²) in [5, 5.41) is 24.1. The van der Waals surface area contributed by atoms with Crippen LogP contribution in [-0.4, -0.2) is 38.3 Å². The summed E-state index contributed by atoms with van der Waals surface area (Å²) in [5.41, 5.74) is -0.101. The van der Waals surface area contributed by atoms with Crippen LogP contribution in [0.2, 0.25) is 0 Å². The normalized spacial score (nSPS) is 12.4. The Morgan fingerprint density at radius 3 is 1.66 bits per heavy atom. The van der Waals surface area contributed by atoms with E-state index in [4.69, 9.17) is 18.9 Å². The molecule has 0 fully saturated rings. The molecule has 10 heteroatoms. The number of nitro groups is 2. The van der Waals surface area contributed by atoms with Gasteiger partial charge in [0.15, 0.2) is 23.0 Å². The maximum absolute atomic E-state index is 12.1. The molecule has 0 spiro atoms. The fourth-order valence-electron chi connectivity index (χ4n) is 4.22. The molecule has 3 aromatic carbocycles. The smallest absolute Gasteiger partial charge is 0.277 e. The summed E-state index contributed by atoms with van der Waals surface area (Å²) in [6.45, 7) is 1.80. The van der Waals surface area contributed by atoms with Gasteiger partial charge in [0.25, 0.3) is 11.4 Å². The highest BCUT2D eigenvalue weighted by Gasteiger charge is 2.39. The van der Waals surface area contributed by atoms with Crippen LogP contribution < -0.4 is 18.9 Å². The largest absolute Gasteiger partial charge is 0.493 e. The van der Waals surface area contributed by atoms with Crippen molar-refractivity contribution in [3.63, 3.8) is 0 Å². The number of rotatable bonds is 10. The Labute approximate surface area is 202 Å². The van der Waals surface area contributed by atoms with Gasteiger partial charge in [-0.15, -0.1) is 0 Å². The molecule has 0 heterocycles. The van der Waals surface area contributed by atoms with Crippen molar-refractivity contribution in [1.29, 1.82) is 0 Å². The number of ether oxygens (including phenoxy) is 4. The topological polar surface area (TPSA) is 123 Å². The van der Waals surface area contributed by atoms with E-state index in [0.29, 0.717) is 22.6 Å². The second-order valence-corrected chi connectivity index (χ2v) is 7.95. The fraction of sp³-hybridized carbons (Fsp3) is 0.280. The van der Waals surface area contributed by atoms with Gasteiger partial charge in [-0.3, -0.25) is 20.2 Å². The van der Waals surface area contributed by atoms with Crippen molar-refractivity contribution in [3.8, 4) is 23.0 Å². The molecule has 3 rings (SSSR count). The van der Waals surface area contributed by atoms with Gasteiger partial charge < -0.3 is 18.9 Å². The van der Waals surface area contributed by atoms with Crippen molar-refractivity contribution in [1.82, 2.24) is 0 Å². The number of nitro benzene ring substituents is 2. The second kappa shape index (κ2) is 10.3. The van der Waals surface area contributed by atoms with Gasteiger partial charge in [0.05, 0.1) is 50.4 Å². The van der Waals surface area contributed by atoms with Crippen molar-refractivity contribution >= 4 is 11.4 Å². The zero-order chi connectivity index (χ0) is 25.8. The van der Waals surface area contributed by atoms with Crippen molar-refractivity contribution in [2.24, 2.45) is 0 Å². The molecule has 184 valence electrons. The molecule has 35 heavy (non-hydrogen) atoms. The van der Waals surface area contributed by atoms with E-state index < -0.39 is 15.3 Å². The van der Waals surface area contributed by atoms with Gasteiger partial charge in [-0.05, 0) is 24.1 Å². The number of hydrogen-bond donors (Lipinski definition) is 0. The minimum Gasteiger partial charge on any atom is -0.493 e. The first-order chi connectivity index (χ1) is 16.7. The molecule has 0 bridgehead atoms. The van der Waals surface area contributed by atoms with Crippen LogP contribution in [0.25, 0.3) is 0 Å². The third-order valence-corrected chi connectivity index (χ3v) is 6.03. The van der Waals surface area contributed by atoms with E-state index in [-0.39, 0.29) is 29.3 Å². The first kappa shape index (κ1) is 25.3. The molecule has 0 N–H and O–H groups in total. The molecular formula is C25H26N2O8. The molecule has 1 unspecified atom stereocenters. The van der Waals surface area contributed by atoms with E-state index in [9.17, 15) is 20.2 Å². The highest BCUT2D eigenvalue weighted by Crippen LogP contribution is 2.47. The molecule has 0 saturated carbocycles. The van der Waals surface area contributed by atoms with E-state index in [0.717, 1.165) is 5.56 Å². The standard InChI is InChI=1S/C25H26N2O8/c1-25(17-9-7-6-8-10-17,18-12-22(33-3)24(35-5)14-20(18)27(30)31)15-16-11-21(32-2)23(34-4)13-19(16)26(28)29/h6-14H,15H2,1-5H3. The molecule has 0 aliphatic rings. The summed E-state index contributed by atoms with van der Waals surface area (Å²) in [4.78, 5) is 23.1. The van der Waals surface area contributed by atoms with E-state index in [1.54, 1.807) is 13.0 Å². The zero-order valence-electron chi connectivity index (χ0n) is 20.1. The van der Waals surface area contributed by atoms with Gasteiger partial charge in [0.1, 0.15) is 0 Å². The second-order valence-electron chi connectivity index (χ2n) is 7.95. The predicted octanol–water partition coefficient (Wildman–Crippen LogP) is 5.09. The summed E-state index contributed by atoms with van der Waals surface area (Å²) in [6.07, 6.45) is 0.0456. The molecule has 0 aliphatic heterocycles. The highest BCUT2D eigenvalue weighted by atomic mass is 16.6. The van der Waals surface area contributed by atoms with Crippen LogP contribution in [0.5, 0.6) is 23.0 Å². The Morgan fingerprint density at radius 2 is 1.17 bits per heavy atom. The lowest BCUT2D eigenvalue weighted by molar-refractivity contribution is -0.386. The highest BCUT2D eigenvalue weighted by molar-refractivity contribution is 5.62. The molecule has 0 amide bonds. The van der Waals surface area contributed by atoms with Crippen molar-refractivity contribution in [2.45, 2.75) is 18.8 Å². The van der Waals surface area contributed by atoms with Gasteiger partial charge in [-0.25, -0.2) is 0 Å². The number of methoxy groups -OCH3 is 4. The summed E-state index contributed by atoms with van der Waals surface area (Å²) < 4.78 is 21.3. The Morgan fingerprint density at radius 1 is 0.714 bits per heavy atom. The van der Waals surface area contributed by atoms with Crippen LogP contribution in [-0.2, 0) is 11.8 Å². The quantitative estimate of drug-likeness (QED) is 0.289. The number of benzene rings is 3. The Bertz CT molecular complexity index is 1250. The Hall–Kier alpha value is -4.34. The van der Waals surface area contributed by atoms with Crippen LogP contribution >= 0.6 is 0 Å². The SMILES string of the molecule is COc1cc(CC(C)(c2ccccc2)c2cc(OC)c(OC)cc2[N+](=O)[O-])c([N+](=O)[O-])cc1OC. The number of nitrogens with zero attached hydrogens (tertiary/aromatic N) is 2. The summed E-state index contributed by atoms with van der Waals surface area (Å²) in [7, 11) is 5.66. The number of hydrogen-bond acceptors (Lipinski definition) is 8. The molecule has 0 aromatic heterocycles. The third-order valence-electron chi connectivity index (χ3n) is 6.03. The van der Waals surface area contributed by atoms with Crippen LogP contribution in [0.4, 0.5) is 11.4 Å². The molecular weight excluding hydrogens is 456 g/mol. The lowest BCUT2D eigenvalue weighted by atomic mass is 9.71. The van der Waals surface area contributed by atoms with Gasteiger partial charge >= 0.3 is 0 Å². The summed E-state index contributed by atoms with van der Waals surface area (Å²) in [5.74, 6) is 1.03. The molecule has 1 atom stereocenters. The minimum absolute atomic E-state index is 0.0456. The molecule has 10 nitrogen and oxygen atoms in total. The van der Waals surface area contributed by atoms with E-state index >= 15 is 0 Å². The van der Waals surface area contributed by atoms with Crippen LogP contribution in [0.15, 0.2) is 54.6 Å². The lowest BCUT2D eigenvalue weighted by Gasteiger charge is -2.31. The monoisotopic (exact) mass is 482 g/mol. The van der Waals surface area contributed by atoms with E-state index in [1.807, 2.05) is 30.3 Å². The van der Waals surface area contributed by atoms with Crippen LogP contribution in [0.1, 0.15) is 23.6 Å². The van der Waals surface area contributed by atoms with Crippen molar-refractivity contribution in [3.05, 3.63) is 91.5 Å². The maximum atomic E-state index is 12.1. The summed E-state index contributed by atoms with van der Waals surface area (Å²) in [6, 6.07) is 14.8. The molecule has 3 aromatic rings. The zero-order valence-corrected chi connectivity index (χ0v) is 20.1. The summed E-state index contributed by atoms with van der Waals surface area (Å²) >= 11 is 0. The van der Waals surface area contributed by atoms with Gasteiger partial charge in [-0.1, -0.05) is 37.3 Å². The Balaban J connectivity index is 2.36. The molecule has 0 saturated heterocycles. The van der Waals surface area contributed by atoms with E-state index in [1.165, 1.54) is 46.6 Å². The van der Waals surface area contributed by atoms with Gasteiger partial charge in [0, 0.05) is 16.5 Å². The van der Waals surface area contributed by atoms with Crippen molar-refractivity contribution in [2.75, 3.05) is 28.4 Å². The fourth-order valence-corrected chi connectivity index (χ4v) is 4.22. The maximum Gasteiger partial charge on any atom is 0.277 e. The van der Waals surface area contributed by atoms with Crippen molar-refractivity contribution < 1.29 is 28.8 Å². The predicted molar refractivity (Wildman–Crippen MR) is 129 cm³/mol. The molecule has 0 radical (unpaired) electrons. The van der Waals surface area contributed by atoms with Crippen LogP contribution in [0.3, 0.4) is 0 Å². The lowest BCUT2D eigenvalue weighted by Crippen LogP contribution is -2.28. The first-order valence-corrected chi connectivity index (χ1v) is 10.6. The average Bonchev–Trinajstić information content (AvgIpc) is 2.87. The minimum atomic E-state index is -1.08. The average molecular weight is 482 g/mol. The first-order valence-electron chi connectivity index (χ1n) is 10.6. The van der Waals surface area contributed by atoms with E-state index in [2.05, 4.69) is 0 Å². The Kier molecular flexibility index (Phi) is 7.43. The third kappa shape index (κ3) is 4.81. The van der Waals surface area contributed by atoms with Crippen LogP contribution in [0, 0.1) is 20.2 Å².